The Kier molecular flexibility index (Phi) is 3.45. The van der Waals surface area contributed by atoms with Gasteiger partial charge in [0, 0.05) is 11.7 Å². The molecule has 3 nitrogen and oxygen atoms in total. The third-order valence-electron chi connectivity index (χ3n) is 5.36. The van der Waals surface area contributed by atoms with Gasteiger partial charge in [0.2, 0.25) is 0 Å². The van der Waals surface area contributed by atoms with E-state index in [1.165, 1.54) is 25.7 Å². The van der Waals surface area contributed by atoms with Gasteiger partial charge in [0.1, 0.15) is 0 Å². The van der Waals surface area contributed by atoms with Crippen LogP contribution in [0.15, 0.2) is 18.2 Å². The summed E-state index contributed by atoms with van der Waals surface area (Å²) in [6, 6.07) is 5.89. The predicted molar refractivity (Wildman–Crippen MR) is 81.5 cm³/mol. The summed E-state index contributed by atoms with van der Waals surface area (Å²) in [5.74, 6) is 2.36. The van der Waals surface area contributed by atoms with Gasteiger partial charge in [0.15, 0.2) is 0 Å². The fourth-order valence-electron chi connectivity index (χ4n) is 4.18. The highest BCUT2D eigenvalue weighted by molar-refractivity contribution is 5.99. The van der Waals surface area contributed by atoms with Crippen molar-refractivity contribution in [2.45, 2.75) is 45.6 Å². The number of carbonyl (C=O) groups is 1. The van der Waals surface area contributed by atoms with Crippen molar-refractivity contribution in [3.63, 3.8) is 0 Å². The molecule has 2 saturated carbocycles. The minimum atomic E-state index is -0.0264. The van der Waals surface area contributed by atoms with E-state index in [9.17, 15) is 4.79 Å². The van der Waals surface area contributed by atoms with E-state index < -0.39 is 0 Å². The first-order valence-corrected chi connectivity index (χ1v) is 7.72. The molecule has 4 unspecified atom stereocenters. The summed E-state index contributed by atoms with van der Waals surface area (Å²) in [7, 11) is 0. The van der Waals surface area contributed by atoms with E-state index in [2.05, 4.69) is 12.2 Å². The van der Waals surface area contributed by atoms with Gasteiger partial charge in [-0.05, 0) is 62.5 Å². The number of rotatable bonds is 3. The minimum absolute atomic E-state index is 0.0264. The quantitative estimate of drug-likeness (QED) is 0.831. The second kappa shape index (κ2) is 5.12. The molecule has 3 rings (SSSR count). The van der Waals surface area contributed by atoms with Crippen molar-refractivity contribution in [2.24, 2.45) is 17.8 Å². The van der Waals surface area contributed by atoms with Crippen molar-refractivity contribution in [3.8, 4) is 0 Å². The number of aryl methyl sites for hydroxylation is 1. The van der Waals surface area contributed by atoms with Crippen molar-refractivity contribution in [3.05, 3.63) is 29.3 Å². The number of fused-ring (bicyclic) bond motifs is 2. The molecule has 108 valence electrons. The molecule has 2 fully saturated rings. The molecule has 1 amide bonds. The highest BCUT2D eigenvalue weighted by atomic mass is 16.1. The number of carbonyl (C=O) groups excluding carboxylic acids is 1. The zero-order valence-electron chi connectivity index (χ0n) is 12.4. The van der Waals surface area contributed by atoms with E-state index in [0.29, 0.717) is 17.2 Å². The first-order valence-electron chi connectivity index (χ1n) is 7.72. The number of anilines is 1. The highest BCUT2D eigenvalue weighted by Crippen LogP contribution is 2.49. The van der Waals surface area contributed by atoms with Crippen LogP contribution in [0.1, 0.15) is 48.5 Å². The normalized spacial score (nSPS) is 29.4. The molecule has 3 N–H and O–H groups in total. The van der Waals surface area contributed by atoms with Crippen LogP contribution in [0.5, 0.6) is 0 Å². The topological polar surface area (TPSA) is 55.1 Å². The molecule has 2 aliphatic carbocycles. The monoisotopic (exact) mass is 272 g/mol. The summed E-state index contributed by atoms with van der Waals surface area (Å²) < 4.78 is 0. The fourth-order valence-corrected chi connectivity index (χ4v) is 4.18. The Morgan fingerprint density at radius 2 is 2.15 bits per heavy atom. The summed E-state index contributed by atoms with van der Waals surface area (Å²) in [4.78, 5) is 12.4. The van der Waals surface area contributed by atoms with Crippen molar-refractivity contribution in [1.29, 1.82) is 0 Å². The molecule has 1 aromatic carbocycles. The van der Waals surface area contributed by atoms with Gasteiger partial charge in [-0.15, -0.1) is 0 Å². The number of para-hydroxylation sites is 1. The molecular weight excluding hydrogens is 248 g/mol. The molecule has 20 heavy (non-hydrogen) atoms. The maximum atomic E-state index is 12.4. The van der Waals surface area contributed by atoms with Crippen molar-refractivity contribution in [2.75, 3.05) is 5.73 Å². The lowest BCUT2D eigenvalue weighted by atomic mass is 9.84. The van der Waals surface area contributed by atoms with E-state index in [4.69, 9.17) is 5.73 Å². The maximum absolute atomic E-state index is 12.4. The van der Waals surface area contributed by atoms with Crippen LogP contribution in [-0.4, -0.2) is 11.9 Å². The summed E-state index contributed by atoms with van der Waals surface area (Å²) in [5.41, 5.74) is 8.19. The van der Waals surface area contributed by atoms with E-state index in [0.717, 1.165) is 17.4 Å². The number of nitrogens with two attached hydrogens (primary N) is 1. The van der Waals surface area contributed by atoms with Gasteiger partial charge in [0.05, 0.1) is 5.56 Å². The summed E-state index contributed by atoms with van der Waals surface area (Å²) in [6.45, 7) is 4.08. The van der Waals surface area contributed by atoms with Gasteiger partial charge in [-0.1, -0.05) is 18.6 Å². The Balaban J connectivity index is 1.68. The van der Waals surface area contributed by atoms with Crippen LogP contribution in [0.4, 0.5) is 5.69 Å². The Labute approximate surface area is 120 Å². The zero-order valence-corrected chi connectivity index (χ0v) is 12.4. The second-order valence-corrected chi connectivity index (χ2v) is 6.64. The van der Waals surface area contributed by atoms with Crippen LogP contribution < -0.4 is 11.1 Å². The number of amides is 1. The van der Waals surface area contributed by atoms with Gasteiger partial charge < -0.3 is 11.1 Å². The van der Waals surface area contributed by atoms with Gasteiger partial charge in [-0.25, -0.2) is 0 Å². The van der Waals surface area contributed by atoms with Crippen LogP contribution in [0.3, 0.4) is 0 Å². The third-order valence-corrected chi connectivity index (χ3v) is 5.36. The average molecular weight is 272 g/mol. The summed E-state index contributed by atoms with van der Waals surface area (Å²) in [6.07, 6.45) is 5.40. The smallest absolute Gasteiger partial charge is 0.253 e. The molecule has 0 spiro atoms. The SMILES string of the molecule is Cc1cccc(C(=O)NC(C)C2CC3CCC2C3)c1N. The molecule has 0 radical (unpaired) electrons. The van der Waals surface area contributed by atoms with Crippen molar-refractivity contribution >= 4 is 11.6 Å². The van der Waals surface area contributed by atoms with Crippen molar-refractivity contribution in [1.82, 2.24) is 5.32 Å². The number of hydrogen-bond acceptors (Lipinski definition) is 2. The van der Waals surface area contributed by atoms with Crippen LogP contribution in [0, 0.1) is 24.7 Å². The van der Waals surface area contributed by atoms with E-state index in [-0.39, 0.29) is 11.9 Å². The first kappa shape index (κ1) is 13.5. The summed E-state index contributed by atoms with van der Waals surface area (Å²) >= 11 is 0. The fraction of sp³-hybridized carbons (Fsp3) is 0.588. The molecule has 3 heteroatoms. The number of benzene rings is 1. The van der Waals surface area contributed by atoms with E-state index >= 15 is 0 Å². The van der Waals surface area contributed by atoms with E-state index in [1.807, 2.05) is 25.1 Å². The van der Waals surface area contributed by atoms with Gasteiger partial charge >= 0.3 is 0 Å². The zero-order chi connectivity index (χ0) is 14.3. The lowest BCUT2D eigenvalue weighted by molar-refractivity contribution is 0.0916. The molecule has 0 aliphatic heterocycles. The molecule has 0 saturated heterocycles. The number of nitrogen functional groups attached to an aromatic ring is 1. The average Bonchev–Trinajstić information content (AvgIpc) is 3.04. The largest absolute Gasteiger partial charge is 0.398 e. The predicted octanol–water partition coefficient (Wildman–Crippen LogP) is 3.13. The molecule has 2 aliphatic rings. The van der Waals surface area contributed by atoms with Crippen LogP contribution in [0.25, 0.3) is 0 Å². The molecule has 4 atom stereocenters. The van der Waals surface area contributed by atoms with Crippen LogP contribution in [0.2, 0.25) is 0 Å². The van der Waals surface area contributed by atoms with Gasteiger partial charge in [0.25, 0.3) is 5.91 Å². The van der Waals surface area contributed by atoms with Crippen LogP contribution >= 0.6 is 0 Å². The molecule has 2 bridgehead atoms. The Bertz CT molecular complexity index is 526. The van der Waals surface area contributed by atoms with Crippen LogP contribution in [-0.2, 0) is 0 Å². The second-order valence-electron chi connectivity index (χ2n) is 6.64. The highest BCUT2D eigenvalue weighted by Gasteiger charge is 2.42. The lowest BCUT2D eigenvalue weighted by Gasteiger charge is -2.28. The van der Waals surface area contributed by atoms with Gasteiger partial charge in [-0.2, -0.15) is 0 Å². The molecule has 0 heterocycles. The van der Waals surface area contributed by atoms with E-state index in [1.54, 1.807) is 0 Å². The molecule has 1 aromatic rings. The number of hydrogen-bond donors (Lipinski definition) is 2. The number of nitrogens with one attached hydrogen (secondary N) is 1. The maximum Gasteiger partial charge on any atom is 0.253 e. The standard InChI is InChI=1S/C17H24N2O/c1-10-4-3-5-14(16(10)18)17(20)19-11(2)15-9-12-6-7-13(15)8-12/h3-5,11-13,15H,6-9,18H2,1-2H3,(H,19,20). The molecule has 0 aromatic heterocycles. The van der Waals surface area contributed by atoms with Gasteiger partial charge in [-0.3, -0.25) is 4.79 Å². The Morgan fingerprint density at radius 1 is 1.35 bits per heavy atom. The Hall–Kier alpha value is -1.51. The molecular formula is C17H24N2O. The minimum Gasteiger partial charge on any atom is -0.398 e. The Morgan fingerprint density at radius 3 is 2.80 bits per heavy atom. The first-order chi connectivity index (χ1) is 9.56. The lowest BCUT2D eigenvalue weighted by Crippen LogP contribution is -2.40. The third kappa shape index (κ3) is 2.30. The summed E-state index contributed by atoms with van der Waals surface area (Å²) in [5, 5.41) is 3.17. The van der Waals surface area contributed by atoms with Crippen molar-refractivity contribution < 1.29 is 4.79 Å².